The molecule has 0 aliphatic carbocycles. The Morgan fingerprint density at radius 1 is 1.05 bits per heavy atom. The van der Waals surface area contributed by atoms with Crippen molar-refractivity contribution < 1.29 is 0 Å². The molecule has 3 heteroatoms. The summed E-state index contributed by atoms with van der Waals surface area (Å²) in [6, 6.07) is 10.5. The number of nitrogens with zero attached hydrogens (tertiary/aromatic N) is 3. The normalized spacial score (nSPS) is 12.8. The van der Waals surface area contributed by atoms with Crippen molar-refractivity contribution in [2.75, 3.05) is 0 Å². The van der Waals surface area contributed by atoms with Gasteiger partial charge in [-0.1, -0.05) is 37.3 Å². The van der Waals surface area contributed by atoms with E-state index >= 15 is 0 Å². The van der Waals surface area contributed by atoms with E-state index in [0.717, 1.165) is 25.2 Å². The maximum Gasteiger partial charge on any atom is 0.141 e. The minimum atomic E-state index is 1.01. The molecule has 2 aromatic heterocycles. The Bertz CT molecular complexity index is 787. The molecule has 4 rings (SSSR count). The molecule has 0 bridgehead atoms. The van der Waals surface area contributed by atoms with Gasteiger partial charge in [-0.25, -0.2) is 4.98 Å². The number of rotatable bonds is 2. The summed E-state index contributed by atoms with van der Waals surface area (Å²) < 4.78 is 2.33. The minimum Gasteiger partial charge on any atom is -0.328 e. The van der Waals surface area contributed by atoms with Crippen molar-refractivity contribution in [3.63, 3.8) is 0 Å². The highest BCUT2D eigenvalue weighted by Crippen LogP contribution is 2.35. The van der Waals surface area contributed by atoms with Gasteiger partial charge in [-0.3, -0.25) is 4.98 Å². The number of benzene rings is 1. The Morgan fingerprint density at radius 2 is 1.86 bits per heavy atom. The second-order valence-corrected chi connectivity index (χ2v) is 5.41. The van der Waals surface area contributed by atoms with Gasteiger partial charge in [0.05, 0.1) is 0 Å². The van der Waals surface area contributed by atoms with Gasteiger partial charge >= 0.3 is 0 Å². The average Bonchev–Trinajstić information content (AvgIpc) is 2.98. The lowest BCUT2D eigenvalue weighted by Gasteiger charge is -2.22. The maximum absolute atomic E-state index is 4.63. The largest absolute Gasteiger partial charge is 0.328 e. The molecule has 104 valence electrons. The van der Waals surface area contributed by atoms with Crippen molar-refractivity contribution in [1.29, 1.82) is 0 Å². The van der Waals surface area contributed by atoms with Crippen LogP contribution in [0.25, 0.3) is 22.5 Å². The molecule has 0 N–H and O–H groups in total. The molecule has 1 aromatic carbocycles. The fraction of sp³-hybridized carbons (Fsp3) is 0.222. The highest BCUT2D eigenvalue weighted by atomic mass is 15.1. The van der Waals surface area contributed by atoms with Gasteiger partial charge in [0, 0.05) is 42.0 Å². The fourth-order valence-corrected chi connectivity index (χ4v) is 3.20. The third-order valence-corrected chi connectivity index (χ3v) is 4.27. The van der Waals surface area contributed by atoms with E-state index in [0.29, 0.717) is 0 Å². The van der Waals surface area contributed by atoms with Crippen molar-refractivity contribution in [3.05, 3.63) is 60.2 Å². The van der Waals surface area contributed by atoms with Crippen LogP contribution in [0.2, 0.25) is 0 Å². The summed E-state index contributed by atoms with van der Waals surface area (Å²) in [6.07, 6.45) is 8.00. The summed E-state index contributed by atoms with van der Waals surface area (Å²) in [7, 11) is 0. The predicted octanol–water partition coefficient (Wildman–Crippen LogP) is 3.73. The molecule has 0 atom stereocenters. The Balaban J connectivity index is 1.91. The lowest BCUT2D eigenvalue weighted by molar-refractivity contribution is 0.654. The molecule has 21 heavy (non-hydrogen) atoms. The molecule has 0 spiro atoms. The van der Waals surface area contributed by atoms with E-state index in [9.17, 15) is 0 Å². The molecule has 0 fully saturated rings. The number of aryl methyl sites for hydroxylation is 1. The van der Waals surface area contributed by atoms with Crippen molar-refractivity contribution in [1.82, 2.24) is 14.5 Å². The average molecular weight is 275 g/mol. The van der Waals surface area contributed by atoms with Gasteiger partial charge in [-0.2, -0.15) is 0 Å². The molecule has 1 aliphatic rings. The number of hydrogen-bond acceptors (Lipinski definition) is 2. The molecular formula is C18H17N3. The minimum absolute atomic E-state index is 1.01. The van der Waals surface area contributed by atoms with Crippen LogP contribution in [0.15, 0.2) is 48.9 Å². The van der Waals surface area contributed by atoms with E-state index in [4.69, 9.17) is 0 Å². The maximum atomic E-state index is 4.63. The monoisotopic (exact) mass is 275 g/mol. The first-order valence-electron chi connectivity index (χ1n) is 7.45. The van der Waals surface area contributed by atoms with Gasteiger partial charge in [0.1, 0.15) is 5.82 Å². The second kappa shape index (κ2) is 4.85. The topological polar surface area (TPSA) is 30.7 Å². The molecular weight excluding hydrogens is 258 g/mol. The summed E-state index contributed by atoms with van der Waals surface area (Å²) in [5, 5.41) is 0. The molecule has 0 saturated heterocycles. The molecule has 1 aliphatic heterocycles. The first-order chi connectivity index (χ1) is 10.4. The Morgan fingerprint density at radius 3 is 2.67 bits per heavy atom. The molecule has 3 aromatic rings. The summed E-state index contributed by atoms with van der Waals surface area (Å²) in [5.74, 6) is 1.07. The number of fused-ring (bicyclic) bond motifs is 3. The zero-order valence-corrected chi connectivity index (χ0v) is 12.1. The second-order valence-electron chi connectivity index (χ2n) is 5.41. The lowest BCUT2D eigenvalue weighted by atomic mass is 9.93. The van der Waals surface area contributed by atoms with Crippen LogP contribution in [0.4, 0.5) is 0 Å². The third-order valence-electron chi connectivity index (χ3n) is 4.27. The smallest absolute Gasteiger partial charge is 0.141 e. The predicted molar refractivity (Wildman–Crippen MR) is 84.0 cm³/mol. The Hall–Kier alpha value is -2.42. The van der Waals surface area contributed by atoms with Gasteiger partial charge in [-0.15, -0.1) is 0 Å². The zero-order chi connectivity index (χ0) is 14.2. The van der Waals surface area contributed by atoms with Crippen molar-refractivity contribution in [2.24, 2.45) is 0 Å². The lowest BCUT2D eigenvalue weighted by Crippen LogP contribution is -2.14. The Labute approximate surface area is 124 Å². The molecule has 0 radical (unpaired) electrons. The Kier molecular flexibility index (Phi) is 2.85. The van der Waals surface area contributed by atoms with Crippen molar-refractivity contribution in [2.45, 2.75) is 26.3 Å². The fourth-order valence-electron chi connectivity index (χ4n) is 3.20. The zero-order valence-electron chi connectivity index (χ0n) is 12.1. The van der Waals surface area contributed by atoms with E-state index in [1.165, 1.54) is 27.9 Å². The summed E-state index contributed by atoms with van der Waals surface area (Å²) in [5.41, 5.74) is 6.33. The highest BCUT2D eigenvalue weighted by molar-refractivity contribution is 5.76. The number of pyridine rings is 1. The van der Waals surface area contributed by atoms with Gasteiger partial charge in [0.2, 0.25) is 0 Å². The van der Waals surface area contributed by atoms with Gasteiger partial charge in [0.15, 0.2) is 0 Å². The quantitative estimate of drug-likeness (QED) is 0.713. The van der Waals surface area contributed by atoms with Crippen LogP contribution >= 0.6 is 0 Å². The van der Waals surface area contributed by atoms with Crippen LogP contribution in [0, 0.1) is 0 Å². The van der Waals surface area contributed by atoms with Gasteiger partial charge in [0.25, 0.3) is 0 Å². The SMILES string of the molecule is CCc1cnc2n1CCc1c(-c3ccccc3)cncc1-2. The van der Waals surface area contributed by atoms with E-state index in [1.54, 1.807) is 0 Å². The van der Waals surface area contributed by atoms with Crippen molar-refractivity contribution >= 4 is 0 Å². The number of hydrogen-bond donors (Lipinski definition) is 0. The molecule has 0 saturated carbocycles. The van der Waals surface area contributed by atoms with E-state index in [1.807, 2.05) is 24.7 Å². The summed E-state index contributed by atoms with van der Waals surface area (Å²) in [6.45, 7) is 3.19. The van der Waals surface area contributed by atoms with Crippen LogP contribution in [0.1, 0.15) is 18.2 Å². The summed E-state index contributed by atoms with van der Waals surface area (Å²) >= 11 is 0. The van der Waals surface area contributed by atoms with Crippen LogP contribution < -0.4 is 0 Å². The standard InChI is InChI=1S/C18H17N3/c1-2-14-10-20-18-17-12-19-11-16(13-6-4-3-5-7-13)15(17)8-9-21(14)18/h3-7,10-12H,2,8-9H2,1H3. The first-order valence-corrected chi connectivity index (χ1v) is 7.45. The molecule has 0 unspecified atom stereocenters. The third kappa shape index (κ3) is 1.88. The molecule has 3 nitrogen and oxygen atoms in total. The number of aromatic nitrogens is 3. The van der Waals surface area contributed by atoms with Crippen LogP contribution in [0.3, 0.4) is 0 Å². The molecule has 0 amide bonds. The van der Waals surface area contributed by atoms with Gasteiger partial charge < -0.3 is 4.57 Å². The van der Waals surface area contributed by atoms with Crippen LogP contribution in [0.5, 0.6) is 0 Å². The van der Waals surface area contributed by atoms with Gasteiger partial charge in [-0.05, 0) is 24.0 Å². The highest BCUT2D eigenvalue weighted by Gasteiger charge is 2.22. The van der Waals surface area contributed by atoms with Crippen LogP contribution in [-0.2, 0) is 19.4 Å². The molecule has 3 heterocycles. The first kappa shape index (κ1) is 12.3. The van der Waals surface area contributed by atoms with Crippen molar-refractivity contribution in [3.8, 4) is 22.5 Å². The van der Waals surface area contributed by atoms with Crippen LogP contribution in [-0.4, -0.2) is 14.5 Å². The summed E-state index contributed by atoms with van der Waals surface area (Å²) in [4.78, 5) is 9.08. The van der Waals surface area contributed by atoms with E-state index in [-0.39, 0.29) is 0 Å². The van der Waals surface area contributed by atoms with E-state index in [2.05, 4.69) is 45.7 Å². The number of imidazole rings is 1. The van der Waals surface area contributed by atoms with E-state index < -0.39 is 0 Å².